The molecule has 1 aromatic rings. The van der Waals surface area contributed by atoms with E-state index in [0.29, 0.717) is 0 Å². The second-order valence-corrected chi connectivity index (χ2v) is 4.89. The first-order valence-corrected chi connectivity index (χ1v) is 6.14. The molecule has 1 nitrogen and oxygen atoms in total. The van der Waals surface area contributed by atoms with Gasteiger partial charge in [-0.1, -0.05) is 12.1 Å². The summed E-state index contributed by atoms with van der Waals surface area (Å²) in [5, 5.41) is 3.41. The van der Waals surface area contributed by atoms with Crippen molar-refractivity contribution in [2.45, 2.75) is 18.0 Å². The van der Waals surface area contributed by atoms with Gasteiger partial charge >= 0.3 is 6.18 Å². The Balaban J connectivity index is 2.12. The van der Waals surface area contributed by atoms with Crippen LogP contribution in [0, 0.1) is 0 Å². The minimum absolute atomic E-state index is 0.135. The number of hydrogen-bond donors (Lipinski definition) is 1. The van der Waals surface area contributed by atoms with Crippen molar-refractivity contribution in [3.05, 3.63) is 35.4 Å². The van der Waals surface area contributed by atoms with Crippen LogP contribution in [0.25, 0.3) is 0 Å². The van der Waals surface area contributed by atoms with Crippen LogP contribution in [0.5, 0.6) is 0 Å². The van der Waals surface area contributed by atoms with Crippen molar-refractivity contribution in [3.8, 4) is 0 Å². The predicted molar refractivity (Wildman–Crippen MR) is 59.3 cm³/mol. The van der Waals surface area contributed by atoms with Gasteiger partial charge in [-0.2, -0.15) is 13.2 Å². The zero-order valence-corrected chi connectivity index (χ0v) is 9.37. The van der Waals surface area contributed by atoms with E-state index in [-0.39, 0.29) is 5.37 Å². The lowest BCUT2D eigenvalue weighted by atomic mass is 10.1. The summed E-state index contributed by atoms with van der Waals surface area (Å²) in [6.07, 6.45) is -3.13. The number of hydrogen-bond acceptors (Lipinski definition) is 2. The highest BCUT2D eigenvalue weighted by atomic mass is 32.2. The summed E-state index contributed by atoms with van der Waals surface area (Å²) in [6.45, 7) is 0.929. The van der Waals surface area contributed by atoms with Crippen molar-refractivity contribution in [3.63, 3.8) is 0 Å². The molecule has 1 fully saturated rings. The molecule has 0 radical (unpaired) electrons. The second-order valence-electron chi connectivity index (χ2n) is 3.68. The summed E-state index contributed by atoms with van der Waals surface area (Å²) in [4.78, 5) is 0. The second kappa shape index (κ2) is 4.67. The number of halogens is 3. The number of thioether (sulfide) groups is 1. The number of alkyl halides is 3. The molecule has 1 aliphatic heterocycles. The van der Waals surface area contributed by atoms with Crippen LogP contribution in [0.2, 0.25) is 0 Å². The van der Waals surface area contributed by atoms with Crippen LogP contribution in [0.1, 0.15) is 22.9 Å². The Bertz CT molecular complexity index is 341. The van der Waals surface area contributed by atoms with Gasteiger partial charge in [0.2, 0.25) is 0 Å². The summed E-state index contributed by atoms with van der Waals surface area (Å²) >= 11 is 1.74. The summed E-state index contributed by atoms with van der Waals surface area (Å²) in [7, 11) is 0. The lowest BCUT2D eigenvalue weighted by Gasteiger charge is -2.23. The zero-order chi connectivity index (χ0) is 11.6. The summed E-state index contributed by atoms with van der Waals surface area (Å²) in [5.74, 6) is 1.05. The third kappa shape index (κ3) is 2.71. The monoisotopic (exact) mass is 247 g/mol. The van der Waals surface area contributed by atoms with Crippen LogP contribution in [0.15, 0.2) is 24.3 Å². The van der Waals surface area contributed by atoms with Crippen molar-refractivity contribution in [2.75, 3.05) is 12.3 Å². The molecule has 16 heavy (non-hydrogen) atoms. The van der Waals surface area contributed by atoms with Crippen LogP contribution in [0.3, 0.4) is 0 Å². The largest absolute Gasteiger partial charge is 0.416 e. The molecule has 0 saturated carbocycles. The number of benzene rings is 1. The summed E-state index contributed by atoms with van der Waals surface area (Å²) < 4.78 is 37.0. The lowest BCUT2D eigenvalue weighted by Crippen LogP contribution is -2.25. The molecule has 88 valence electrons. The quantitative estimate of drug-likeness (QED) is 0.816. The highest BCUT2D eigenvalue weighted by molar-refractivity contribution is 7.99. The highest BCUT2D eigenvalue weighted by Crippen LogP contribution is 2.33. The Morgan fingerprint density at radius 2 is 1.88 bits per heavy atom. The smallest absolute Gasteiger partial charge is 0.302 e. The molecule has 1 atom stereocenters. The molecule has 1 unspecified atom stereocenters. The van der Waals surface area contributed by atoms with Crippen molar-refractivity contribution in [1.29, 1.82) is 0 Å². The van der Waals surface area contributed by atoms with E-state index in [2.05, 4.69) is 5.32 Å². The predicted octanol–water partition coefficient (Wildman–Crippen LogP) is 3.43. The van der Waals surface area contributed by atoms with E-state index in [1.54, 1.807) is 23.9 Å². The van der Waals surface area contributed by atoms with Crippen LogP contribution in [-0.4, -0.2) is 12.3 Å². The number of nitrogens with one attached hydrogen (secondary N) is 1. The first-order valence-electron chi connectivity index (χ1n) is 5.09. The van der Waals surface area contributed by atoms with E-state index in [1.165, 1.54) is 0 Å². The number of rotatable bonds is 1. The fourth-order valence-corrected chi connectivity index (χ4v) is 2.76. The van der Waals surface area contributed by atoms with Crippen LogP contribution < -0.4 is 5.32 Å². The van der Waals surface area contributed by atoms with Crippen molar-refractivity contribution in [2.24, 2.45) is 0 Å². The molecule has 5 heteroatoms. The van der Waals surface area contributed by atoms with Crippen molar-refractivity contribution >= 4 is 11.8 Å². The SMILES string of the molecule is FC(F)(F)c1ccc(C2NCCCS2)cc1. The van der Waals surface area contributed by atoms with Crippen molar-refractivity contribution in [1.82, 2.24) is 5.32 Å². The fourth-order valence-electron chi connectivity index (χ4n) is 1.63. The Morgan fingerprint density at radius 3 is 2.38 bits per heavy atom. The van der Waals surface area contributed by atoms with E-state index in [4.69, 9.17) is 0 Å². The molecule has 0 amide bonds. The van der Waals surface area contributed by atoms with Crippen LogP contribution in [0.4, 0.5) is 13.2 Å². The van der Waals surface area contributed by atoms with Gasteiger partial charge in [0, 0.05) is 0 Å². The van der Waals surface area contributed by atoms with Gasteiger partial charge in [-0.05, 0) is 36.4 Å². The topological polar surface area (TPSA) is 12.0 Å². The Morgan fingerprint density at radius 1 is 1.19 bits per heavy atom. The molecule has 1 saturated heterocycles. The Hall–Kier alpha value is -0.680. The van der Waals surface area contributed by atoms with Crippen molar-refractivity contribution < 1.29 is 13.2 Å². The van der Waals surface area contributed by atoms with E-state index in [0.717, 1.165) is 36.4 Å². The van der Waals surface area contributed by atoms with Gasteiger partial charge in [-0.3, -0.25) is 0 Å². The Kier molecular flexibility index (Phi) is 3.44. The maximum atomic E-state index is 12.3. The molecule has 0 bridgehead atoms. The van der Waals surface area contributed by atoms with Crippen LogP contribution in [-0.2, 0) is 6.18 Å². The van der Waals surface area contributed by atoms with Gasteiger partial charge in [0.05, 0.1) is 10.9 Å². The molecule has 1 aliphatic rings. The molecule has 1 aromatic carbocycles. The fraction of sp³-hybridized carbons (Fsp3) is 0.455. The highest BCUT2D eigenvalue weighted by Gasteiger charge is 2.30. The van der Waals surface area contributed by atoms with Gasteiger partial charge < -0.3 is 5.32 Å². The molecule has 1 N–H and O–H groups in total. The maximum Gasteiger partial charge on any atom is 0.416 e. The third-order valence-corrected chi connectivity index (χ3v) is 3.77. The first-order chi connectivity index (χ1) is 7.57. The molecular formula is C11H12F3NS. The van der Waals surface area contributed by atoms with E-state index < -0.39 is 11.7 Å². The molecule has 0 aromatic heterocycles. The van der Waals surface area contributed by atoms with Gasteiger partial charge in [0.1, 0.15) is 0 Å². The molecular weight excluding hydrogens is 235 g/mol. The van der Waals surface area contributed by atoms with E-state index in [9.17, 15) is 13.2 Å². The molecule has 1 heterocycles. The molecule has 0 aliphatic carbocycles. The minimum atomic E-state index is -4.24. The molecule has 0 spiro atoms. The Labute approximate surface area is 96.4 Å². The average molecular weight is 247 g/mol. The van der Waals surface area contributed by atoms with E-state index >= 15 is 0 Å². The lowest BCUT2D eigenvalue weighted by molar-refractivity contribution is -0.137. The van der Waals surface area contributed by atoms with Crippen LogP contribution >= 0.6 is 11.8 Å². The standard InChI is InChI=1S/C11H12F3NS/c12-11(13,14)9-4-2-8(3-5-9)10-15-6-1-7-16-10/h2-5,10,15H,1,6-7H2. The zero-order valence-electron chi connectivity index (χ0n) is 8.55. The minimum Gasteiger partial charge on any atom is -0.302 e. The normalized spacial score (nSPS) is 22.1. The van der Waals surface area contributed by atoms with E-state index in [1.807, 2.05) is 0 Å². The van der Waals surface area contributed by atoms with Gasteiger partial charge in [0.15, 0.2) is 0 Å². The van der Waals surface area contributed by atoms with Gasteiger partial charge in [0.25, 0.3) is 0 Å². The van der Waals surface area contributed by atoms with Gasteiger partial charge in [-0.15, -0.1) is 11.8 Å². The average Bonchev–Trinajstić information content (AvgIpc) is 2.29. The third-order valence-electron chi connectivity index (χ3n) is 2.48. The van der Waals surface area contributed by atoms with Gasteiger partial charge in [-0.25, -0.2) is 0 Å². The maximum absolute atomic E-state index is 12.3. The molecule has 2 rings (SSSR count). The summed E-state index contributed by atoms with van der Waals surface area (Å²) in [6, 6.07) is 5.40. The first kappa shape index (κ1) is 11.8. The summed E-state index contributed by atoms with van der Waals surface area (Å²) in [5.41, 5.74) is 0.328.